The van der Waals surface area contributed by atoms with Crippen LogP contribution in [0.3, 0.4) is 0 Å². The lowest BCUT2D eigenvalue weighted by molar-refractivity contribution is 0.113. The van der Waals surface area contributed by atoms with Crippen LogP contribution in [0.4, 0.5) is 0 Å². The Hall–Kier alpha value is -0.430. The molecule has 0 spiro atoms. The molecule has 1 aromatic carbocycles. The van der Waals surface area contributed by atoms with Crippen molar-refractivity contribution >= 4 is 26.0 Å². The van der Waals surface area contributed by atoms with Crippen molar-refractivity contribution in [2.75, 3.05) is 13.1 Å². The van der Waals surface area contributed by atoms with E-state index in [1.165, 1.54) is 4.31 Å². The van der Waals surface area contributed by atoms with E-state index >= 15 is 0 Å². The minimum Gasteiger partial charge on any atom is -0.393 e. The molecule has 4 nitrogen and oxygen atoms in total. The van der Waals surface area contributed by atoms with Gasteiger partial charge in [0, 0.05) is 17.6 Å². The minimum atomic E-state index is -3.45. The van der Waals surface area contributed by atoms with Crippen LogP contribution in [0.15, 0.2) is 27.6 Å². The fourth-order valence-corrected chi connectivity index (χ4v) is 4.30. The van der Waals surface area contributed by atoms with E-state index in [0.29, 0.717) is 30.8 Å². The Labute approximate surface area is 116 Å². The van der Waals surface area contributed by atoms with Crippen molar-refractivity contribution in [1.29, 1.82) is 0 Å². The molecule has 0 aromatic heterocycles. The van der Waals surface area contributed by atoms with Gasteiger partial charge in [0.1, 0.15) is 0 Å². The zero-order chi connectivity index (χ0) is 13.3. The number of rotatable bonds is 2. The molecule has 2 rings (SSSR count). The summed E-state index contributed by atoms with van der Waals surface area (Å²) >= 11 is 3.35. The molecule has 1 fully saturated rings. The van der Waals surface area contributed by atoms with Crippen molar-refractivity contribution in [2.24, 2.45) is 0 Å². The number of piperidine rings is 1. The Kier molecular flexibility index (Phi) is 4.11. The van der Waals surface area contributed by atoms with Crippen LogP contribution in [0.2, 0.25) is 0 Å². The number of hydrogen-bond donors (Lipinski definition) is 1. The van der Waals surface area contributed by atoms with Gasteiger partial charge in [-0.2, -0.15) is 4.31 Å². The lowest BCUT2D eigenvalue weighted by Gasteiger charge is -2.29. The topological polar surface area (TPSA) is 57.6 Å². The molecule has 0 saturated carbocycles. The average molecular weight is 334 g/mol. The maximum atomic E-state index is 12.5. The predicted octanol–water partition coefficient (Wildman–Crippen LogP) is 1.90. The minimum absolute atomic E-state index is 0.341. The third-order valence-electron chi connectivity index (χ3n) is 3.26. The molecule has 1 aliphatic rings. The molecule has 100 valence electrons. The van der Waals surface area contributed by atoms with Gasteiger partial charge in [-0.15, -0.1) is 0 Å². The first kappa shape index (κ1) is 14.0. The van der Waals surface area contributed by atoms with Gasteiger partial charge in [0.15, 0.2) is 0 Å². The molecule has 0 unspecified atom stereocenters. The fourth-order valence-electron chi connectivity index (χ4n) is 2.09. The summed E-state index contributed by atoms with van der Waals surface area (Å²) in [6.07, 6.45) is 0.638. The highest BCUT2D eigenvalue weighted by atomic mass is 79.9. The first-order chi connectivity index (χ1) is 8.43. The summed E-state index contributed by atoms with van der Waals surface area (Å²) in [5.74, 6) is 0. The van der Waals surface area contributed by atoms with E-state index in [4.69, 9.17) is 0 Å². The highest BCUT2D eigenvalue weighted by Crippen LogP contribution is 2.27. The Morgan fingerprint density at radius 2 is 1.94 bits per heavy atom. The smallest absolute Gasteiger partial charge is 0.243 e. The molecule has 1 aliphatic heterocycles. The fraction of sp³-hybridized carbons (Fsp3) is 0.500. The molecule has 1 saturated heterocycles. The molecule has 1 N–H and O–H groups in total. The van der Waals surface area contributed by atoms with Crippen LogP contribution >= 0.6 is 15.9 Å². The number of sulfonamides is 1. The van der Waals surface area contributed by atoms with Gasteiger partial charge < -0.3 is 5.11 Å². The summed E-state index contributed by atoms with van der Waals surface area (Å²) in [4.78, 5) is 0.341. The van der Waals surface area contributed by atoms with Crippen LogP contribution in [-0.2, 0) is 10.0 Å². The highest BCUT2D eigenvalue weighted by molar-refractivity contribution is 9.10. The number of hydrogen-bond acceptors (Lipinski definition) is 3. The van der Waals surface area contributed by atoms with Crippen molar-refractivity contribution < 1.29 is 13.5 Å². The number of halogens is 1. The standard InChI is InChI=1S/C12H16BrNO3S/c1-9-11(13)3-2-4-12(9)18(16,17)14-7-5-10(15)6-8-14/h2-4,10,15H,5-8H2,1H3. The van der Waals surface area contributed by atoms with Gasteiger partial charge in [0.25, 0.3) is 0 Å². The normalized spacial score (nSPS) is 19.1. The zero-order valence-corrected chi connectivity index (χ0v) is 12.5. The van der Waals surface area contributed by atoms with E-state index in [1.54, 1.807) is 19.1 Å². The summed E-state index contributed by atoms with van der Waals surface area (Å²) in [5, 5.41) is 9.43. The highest BCUT2D eigenvalue weighted by Gasteiger charge is 2.29. The summed E-state index contributed by atoms with van der Waals surface area (Å²) in [5.41, 5.74) is 0.726. The number of aliphatic hydroxyl groups excluding tert-OH is 1. The molecule has 18 heavy (non-hydrogen) atoms. The third-order valence-corrected chi connectivity index (χ3v) is 6.16. The lowest BCUT2D eigenvalue weighted by Crippen LogP contribution is -2.40. The van der Waals surface area contributed by atoms with E-state index in [2.05, 4.69) is 15.9 Å². The zero-order valence-electron chi connectivity index (χ0n) is 10.1. The second-order valence-electron chi connectivity index (χ2n) is 4.50. The summed E-state index contributed by atoms with van der Waals surface area (Å²) in [7, 11) is -3.45. The monoisotopic (exact) mass is 333 g/mol. The van der Waals surface area contributed by atoms with Crippen LogP contribution in [0.5, 0.6) is 0 Å². The van der Waals surface area contributed by atoms with Gasteiger partial charge in [0.2, 0.25) is 10.0 Å². The molecule has 1 heterocycles. The van der Waals surface area contributed by atoms with E-state index in [0.717, 1.165) is 10.0 Å². The first-order valence-electron chi connectivity index (χ1n) is 5.86. The molecule has 0 aliphatic carbocycles. The summed E-state index contributed by atoms with van der Waals surface area (Å²) in [6, 6.07) is 5.18. The molecule has 6 heteroatoms. The van der Waals surface area contributed by atoms with Gasteiger partial charge in [-0.1, -0.05) is 22.0 Å². The number of nitrogens with zero attached hydrogens (tertiary/aromatic N) is 1. The van der Waals surface area contributed by atoms with E-state index in [-0.39, 0.29) is 6.10 Å². The van der Waals surface area contributed by atoms with Gasteiger partial charge in [-0.3, -0.25) is 0 Å². The number of aliphatic hydroxyl groups is 1. The Morgan fingerprint density at radius 1 is 1.33 bits per heavy atom. The maximum absolute atomic E-state index is 12.5. The Bertz CT molecular complexity index is 536. The van der Waals surface area contributed by atoms with Crippen LogP contribution in [0.25, 0.3) is 0 Å². The van der Waals surface area contributed by atoms with Crippen molar-refractivity contribution in [1.82, 2.24) is 4.31 Å². The van der Waals surface area contributed by atoms with E-state index in [1.807, 2.05) is 6.07 Å². The van der Waals surface area contributed by atoms with Crippen molar-refractivity contribution in [2.45, 2.75) is 30.8 Å². The molecular weight excluding hydrogens is 318 g/mol. The SMILES string of the molecule is Cc1c(Br)cccc1S(=O)(=O)N1CCC(O)CC1. The van der Waals surface area contributed by atoms with Crippen molar-refractivity contribution in [3.8, 4) is 0 Å². The van der Waals surface area contributed by atoms with Gasteiger partial charge in [0.05, 0.1) is 11.0 Å². The van der Waals surface area contributed by atoms with Gasteiger partial charge in [-0.05, 0) is 37.5 Å². The summed E-state index contributed by atoms with van der Waals surface area (Å²) in [6.45, 7) is 2.56. The first-order valence-corrected chi connectivity index (χ1v) is 8.09. The second kappa shape index (κ2) is 5.28. The predicted molar refractivity (Wildman–Crippen MR) is 72.9 cm³/mol. The van der Waals surface area contributed by atoms with Crippen molar-refractivity contribution in [3.05, 3.63) is 28.2 Å². The van der Waals surface area contributed by atoms with Crippen LogP contribution in [0, 0.1) is 6.92 Å². The van der Waals surface area contributed by atoms with Crippen LogP contribution < -0.4 is 0 Å². The molecule has 0 atom stereocenters. The van der Waals surface area contributed by atoms with E-state index in [9.17, 15) is 13.5 Å². The second-order valence-corrected chi connectivity index (χ2v) is 7.26. The Morgan fingerprint density at radius 3 is 2.56 bits per heavy atom. The van der Waals surface area contributed by atoms with E-state index < -0.39 is 10.0 Å². The molecule has 0 radical (unpaired) electrons. The molecule has 0 bridgehead atoms. The Balaban J connectivity index is 2.34. The lowest BCUT2D eigenvalue weighted by atomic mass is 10.1. The van der Waals surface area contributed by atoms with Crippen molar-refractivity contribution in [3.63, 3.8) is 0 Å². The van der Waals surface area contributed by atoms with Gasteiger partial charge >= 0.3 is 0 Å². The quantitative estimate of drug-likeness (QED) is 0.899. The summed E-state index contributed by atoms with van der Waals surface area (Å²) < 4.78 is 27.2. The van der Waals surface area contributed by atoms with Crippen LogP contribution in [0.1, 0.15) is 18.4 Å². The van der Waals surface area contributed by atoms with Crippen LogP contribution in [-0.4, -0.2) is 37.0 Å². The average Bonchev–Trinajstić information content (AvgIpc) is 2.33. The number of benzene rings is 1. The molecular formula is C12H16BrNO3S. The largest absolute Gasteiger partial charge is 0.393 e. The third kappa shape index (κ3) is 2.61. The molecule has 0 amide bonds. The maximum Gasteiger partial charge on any atom is 0.243 e. The molecule has 1 aromatic rings. The van der Waals surface area contributed by atoms with Gasteiger partial charge in [-0.25, -0.2) is 8.42 Å².